The van der Waals surface area contributed by atoms with Gasteiger partial charge in [-0.1, -0.05) is 36.4 Å². The molecule has 0 unspecified atom stereocenters. The first-order valence-electron chi connectivity index (χ1n) is 8.33. The Balaban J connectivity index is 1.53. The summed E-state index contributed by atoms with van der Waals surface area (Å²) in [4.78, 5) is 12.6. The number of amides is 1. The molecule has 0 aliphatic heterocycles. The highest BCUT2D eigenvalue weighted by Gasteiger charge is 2.24. The number of hydrogen-bond donors (Lipinski definition) is 2. The minimum absolute atomic E-state index is 0.129. The van der Waals surface area contributed by atoms with Crippen LogP contribution in [0, 0.1) is 0 Å². The molecule has 2 aromatic carbocycles. The van der Waals surface area contributed by atoms with Crippen LogP contribution in [0.25, 0.3) is 11.3 Å². The molecule has 5 heteroatoms. The van der Waals surface area contributed by atoms with Crippen molar-refractivity contribution >= 4 is 5.91 Å². The number of aromatic amines is 1. The van der Waals surface area contributed by atoms with Crippen molar-refractivity contribution in [2.75, 3.05) is 7.11 Å². The van der Waals surface area contributed by atoms with E-state index >= 15 is 0 Å². The monoisotopic (exact) mass is 333 g/mol. The second-order valence-corrected chi connectivity index (χ2v) is 6.12. The van der Waals surface area contributed by atoms with Gasteiger partial charge in [-0.2, -0.15) is 5.10 Å². The first-order valence-corrected chi connectivity index (χ1v) is 8.33. The SMILES string of the molecule is COc1cccc(CNC(=O)c2[nH]nc3c2CCc2ccccc2-3)c1. The molecule has 0 radical (unpaired) electrons. The van der Waals surface area contributed by atoms with Gasteiger partial charge in [0.15, 0.2) is 0 Å². The van der Waals surface area contributed by atoms with Crippen molar-refractivity contribution in [3.05, 3.63) is 70.9 Å². The van der Waals surface area contributed by atoms with Crippen LogP contribution < -0.4 is 10.1 Å². The second kappa shape index (κ2) is 6.43. The topological polar surface area (TPSA) is 67.0 Å². The van der Waals surface area contributed by atoms with Gasteiger partial charge in [-0.05, 0) is 36.1 Å². The van der Waals surface area contributed by atoms with Crippen LogP contribution in [0.3, 0.4) is 0 Å². The van der Waals surface area contributed by atoms with E-state index in [1.807, 2.05) is 36.4 Å². The predicted molar refractivity (Wildman–Crippen MR) is 95.6 cm³/mol. The minimum atomic E-state index is -0.129. The van der Waals surface area contributed by atoms with Crippen molar-refractivity contribution in [1.82, 2.24) is 15.5 Å². The number of rotatable bonds is 4. The van der Waals surface area contributed by atoms with Gasteiger partial charge >= 0.3 is 0 Å². The van der Waals surface area contributed by atoms with E-state index in [4.69, 9.17) is 4.74 Å². The summed E-state index contributed by atoms with van der Waals surface area (Å²) in [6.07, 6.45) is 1.75. The van der Waals surface area contributed by atoms with E-state index in [0.717, 1.165) is 41.0 Å². The van der Waals surface area contributed by atoms with Gasteiger partial charge in [-0.25, -0.2) is 0 Å². The molecule has 0 saturated heterocycles. The quantitative estimate of drug-likeness (QED) is 0.771. The van der Waals surface area contributed by atoms with E-state index in [2.05, 4.69) is 27.6 Å². The highest BCUT2D eigenvalue weighted by atomic mass is 16.5. The molecule has 1 aromatic heterocycles. The normalized spacial score (nSPS) is 12.2. The summed E-state index contributed by atoms with van der Waals surface area (Å²) in [5.74, 6) is 0.651. The fourth-order valence-electron chi connectivity index (χ4n) is 3.30. The lowest BCUT2D eigenvalue weighted by molar-refractivity contribution is 0.0945. The summed E-state index contributed by atoms with van der Waals surface area (Å²) in [5.41, 5.74) is 5.85. The van der Waals surface area contributed by atoms with Crippen LogP contribution >= 0.6 is 0 Å². The molecule has 25 heavy (non-hydrogen) atoms. The molecule has 1 heterocycles. The highest BCUT2D eigenvalue weighted by Crippen LogP contribution is 2.33. The number of aryl methyl sites for hydroxylation is 1. The zero-order chi connectivity index (χ0) is 17.2. The zero-order valence-electron chi connectivity index (χ0n) is 14.0. The van der Waals surface area contributed by atoms with Crippen LogP contribution in [0.1, 0.15) is 27.2 Å². The zero-order valence-corrected chi connectivity index (χ0v) is 14.0. The van der Waals surface area contributed by atoms with Crippen molar-refractivity contribution in [3.63, 3.8) is 0 Å². The Hall–Kier alpha value is -3.08. The molecule has 0 spiro atoms. The van der Waals surface area contributed by atoms with E-state index in [1.165, 1.54) is 5.56 Å². The third-order valence-corrected chi connectivity index (χ3v) is 4.60. The molecule has 2 N–H and O–H groups in total. The largest absolute Gasteiger partial charge is 0.497 e. The van der Waals surface area contributed by atoms with Crippen molar-refractivity contribution in [3.8, 4) is 17.0 Å². The molecule has 5 nitrogen and oxygen atoms in total. The Morgan fingerprint density at radius 3 is 2.96 bits per heavy atom. The predicted octanol–water partition coefficient (Wildman–Crippen LogP) is 3.11. The number of methoxy groups -OCH3 is 1. The lowest BCUT2D eigenvalue weighted by Gasteiger charge is -2.15. The number of aromatic nitrogens is 2. The maximum Gasteiger partial charge on any atom is 0.269 e. The first-order chi connectivity index (χ1) is 12.3. The smallest absolute Gasteiger partial charge is 0.269 e. The average Bonchev–Trinajstić information content (AvgIpc) is 3.11. The third kappa shape index (κ3) is 2.89. The summed E-state index contributed by atoms with van der Waals surface area (Å²) in [7, 11) is 1.63. The number of carbonyl (C=O) groups excluding carboxylic acids is 1. The van der Waals surface area contributed by atoms with Gasteiger partial charge in [0.25, 0.3) is 5.91 Å². The van der Waals surface area contributed by atoms with Crippen LogP contribution in [0.2, 0.25) is 0 Å². The Morgan fingerprint density at radius 1 is 1.20 bits per heavy atom. The summed E-state index contributed by atoms with van der Waals surface area (Å²) in [6.45, 7) is 0.445. The fourth-order valence-corrected chi connectivity index (χ4v) is 3.30. The lowest BCUT2D eigenvalue weighted by Crippen LogP contribution is -2.24. The van der Waals surface area contributed by atoms with E-state index in [-0.39, 0.29) is 5.91 Å². The number of nitrogens with zero attached hydrogens (tertiary/aromatic N) is 1. The number of carbonyl (C=O) groups is 1. The average molecular weight is 333 g/mol. The van der Waals surface area contributed by atoms with Crippen molar-refractivity contribution < 1.29 is 9.53 Å². The molecule has 126 valence electrons. The van der Waals surface area contributed by atoms with Crippen LogP contribution in [-0.2, 0) is 19.4 Å². The molecule has 0 saturated carbocycles. The standard InChI is InChI=1S/C20H19N3O2/c1-25-15-7-4-5-13(11-15)12-21-20(24)19-17-10-9-14-6-2-3-8-16(14)18(17)22-23-19/h2-8,11H,9-10,12H2,1H3,(H,21,24)(H,22,23). The molecule has 1 amide bonds. The van der Waals surface area contributed by atoms with Crippen molar-refractivity contribution in [2.24, 2.45) is 0 Å². The highest BCUT2D eigenvalue weighted by molar-refractivity contribution is 5.96. The van der Waals surface area contributed by atoms with Gasteiger partial charge in [0.2, 0.25) is 0 Å². The number of benzene rings is 2. The van der Waals surface area contributed by atoms with Crippen LogP contribution in [-0.4, -0.2) is 23.2 Å². The molecule has 3 aromatic rings. The maximum atomic E-state index is 12.6. The molecule has 0 atom stereocenters. The summed E-state index contributed by atoms with van der Waals surface area (Å²) in [5, 5.41) is 10.3. The minimum Gasteiger partial charge on any atom is -0.497 e. The third-order valence-electron chi connectivity index (χ3n) is 4.60. The van der Waals surface area contributed by atoms with Gasteiger partial charge in [0.1, 0.15) is 11.4 Å². The van der Waals surface area contributed by atoms with Gasteiger partial charge in [0.05, 0.1) is 12.8 Å². The van der Waals surface area contributed by atoms with Gasteiger partial charge in [-0.3, -0.25) is 9.89 Å². The van der Waals surface area contributed by atoms with Crippen LogP contribution in [0.15, 0.2) is 48.5 Å². The van der Waals surface area contributed by atoms with E-state index in [9.17, 15) is 4.79 Å². The summed E-state index contributed by atoms with van der Waals surface area (Å²) < 4.78 is 5.21. The van der Waals surface area contributed by atoms with Crippen LogP contribution in [0.4, 0.5) is 0 Å². The number of hydrogen-bond acceptors (Lipinski definition) is 3. The Labute approximate surface area is 146 Å². The van der Waals surface area contributed by atoms with E-state index < -0.39 is 0 Å². The second-order valence-electron chi connectivity index (χ2n) is 6.12. The molecular formula is C20H19N3O2. The fraction of sp³-hybridized carbons (Fsp3) is 0.200. The van der Waals surface area contributed by atoms with Gasteiger partial charge in [0, 0.05) is 17.7 Å². The van der Waals surface area contributed by atoms with E-state index in [1.54, 1.807) is 7.11 Å². The Kier molecular flexibility index (Phi) is 3.98. The molecule has 1 aliphatic rings. The molecule has 4 rings (SSSR count). The van der Waals surface area contributed by atoms with Gasteiger partial charge in [-0.15, -0.1) is 0 Å². The first kappa shape index (κ1) is 15.4. The summed E-state index contributed by atoms with van der Waals surface area (Å²) in [6, 6.07) is 15.9. The Morgan fingerprint density at radius 2 is 2.08 bits per heavy atom. The Bertz CT molecular complexity index is 930. The van der Waals surface area contributed by atoms with E-state index in [0.29, 0.717) is 12.2 Å². The molecule has 0 fully saturated rings. The molecule has 1 aliphatic carbocycles. The number of nitrogens with one attached hydrogen (secondary N) is 2. The summed E-state index contributed by atoms with van der Waals surface area (Å²) >= 11 is 0. The maximum absolute atomic E-state index is 12.6. The number of fused-ring (bicyclic) bond motifs is 3. The number of H-pyrrole nitrogens is 1. The molecular weight excluding hydrogens is 314 g/mol. The van der Waals surface area contributed by atoms with Crippen LogP contribution in [0.5, 0.6) is 5.75 Å². The number of ether oxygens (including phenoxy) is 1. The van der Waals surface area contributed by atoms with Gasteiger partial charge < -0.3 is 10.1 Å². The van der Waals surface area contributed by atoms with Crippen molar-refractivity contribution in [1.29, 1.82) is 0 Å². The van der Waals surface area contributed by atoms with Crippen molar-refractivity contribution in [2.45, 2.75) is 19.4 Å². The molecule has 0 bridgehead atoms. The lowest BCUT2D eigenvalue weighted by atomic mass is 9.89.